The molecule has 0 bridgehead atoms. The first-order valence-corrected chi connectivity index (χ1v) is 5.28. The first kappa shape index (κ1) is 12.2. The highest BCUT2D eigenvalue weighted by atomic mass is 16.5. The van der Waals surface area contributed by atoms with Crippen LogP contribution in [-0.4, -0.2) is 34.2 Å². The smallest absolute Gasteiger partial charge is 0.0880 e. The molecule has 0 aliphatic rings. The van der Waals surface area contributed by atoms with E-state index in [1.54, 1.807) is 11.8 Å². The predicted octanol–water partition coefficient (Wildman–Crippen LogP) is 1.14. The summed E-state index contributed by atoms with van der Waals surface area (Å²) in [6, 6.07) is 0. The minimum absolute atomic E-state index is 0.393. The van der Waals surface area contributed by atoms with Crippen molar-refractivity contribution in [2.75, 3.05) is 13.7 Å². The molecule has 1 N–H and O–H groups in total. The number of nitrogens with zero attached hydrogens (tertiary/aromatic N) is 2. The third-order valence-corrected chi connectivity index (χ3v) is 2.71. The summed E-state index contributed by atoms with van der Waals surface area (Å²) in [6.45, 7) is 2.37. The highest BCUT2D eigenvalue weighted by Gasteiger charge is 2.24. The molecule has 15 heavy (non-hydrogen) atoms. The molecule has 0 spiro atoms. The summed E-state index contributed by atoms with van der Waals surface area (Å²) in [7, 11) is 3.51. The van der Waals surface area contributed by atoms with E-state index < -0.39 is 5.60 Å². The molecule has 1 rings (SSSR count). The van der Waals surface area contributed by atoms with Gasteiger partial charge < -0.3 is 9.84 Å². The second-order valence-electron chi connectivity index (χ2n) is 4.03. The van der Waals surface area contributed by atoms with Crippen molar-refractivity contribution in [2.45, 2.75) is 31.8 Å². The lowest BCUT2D eigenvalue weighted by Gasteiger charge is -2.25. The van der Waals surface area contributed by atoms with Crippen LogP contribution in [0.15, 0.2) is 12.4 Å². The van der Waals surface area contributed by atoms with Gasteiger partial charge in [0.2, 0.25) is 0 Å². The van der Waals surface area contributed by atoms with Crippen LogP contribution >= 0.6 is 0 Å². The van der Waals surface area contributed by atoms with E-state index in [-0.39, 0.29) is 0 Å². The lowest BCUT2D eigenvalue weighted by molar-refractivity contribution is -0.0394. The van der Waals surface area contributed by atoms with E-state index in [0.717, 1.165) is 12.0 Å². The second-order valence-corrected chi connectivity index (χ2v) is 4.03. The molecule has 1 atom stereocenters. The largest absolute Gasteiger partial charge is 0.387 e. The summed E-state index contributed by atoms with van der Waals surface area (Å²) in [5.74, 6) is 0. The fourth-order valence-electron chi connectivity index (χ4n) is 1.60. The van der Waals surface area contributed by atoms with Crippen LogP contribution in [0.4, 0.5) is 0 Å². The maximum absolute atomic E-state index is 10.1. The van der Waals surface area contributed by atoms with Crippen molar-refractivity contribution in [1.82, 2.24) is 9.78 Å². The van der Waals surface area contributed by atoms with E-state index in [9.17, 15) is 5.11 Å². The van der Waals surface area contributed by atoms with Crippen molar-refractivity contribution in [3.05, 3.63) is 18.0 Å². The van der Waals surface area contributed by atoms with Gasteiger partial charge in [-0.3, -0.25) is 4.68 Å². The van der Waals surface area contributed by atoms with E-state index in [1.165, 1.54) is 0 Å². The Morgan fingerprint density at radius 2 is 2.33 bits per heavy atom. The maximum Gasteiger partial charge on any atom is 0.0880 e. The standard InChI is InChI=1S/C11H20N2O2/c1-4-11(14,9-15-3)6-5-10-7-12-13(2)8-10/h7-8,14H,4-6,9H2,1-3H3. The number of aromatic nitrogens is 2. The van der Waals surface area contributed by atoms with E-state index in [4.69, 9.17) is 4.74 Å². The minimum atomic E-state index is -0.704. The van der Waals surface area contributed by atoms with Crippen molar-refractivity contribution >= 4 is 0 Å². The SMILES string of the molecule is CCC(O)(CCc1cnn(C)c1)COC. The number of hydrogen-bond donors (Lipinski definition) is 1. The molecule has 0 saturated heterocycles. The molecule has 4 nitrogen and oxygen atoms in total. The Balaban J connectivity index is 2.47. The van der Waals surface area contributed by atoms with Crippen LogP contribution in [0, 0.1) is 0 Å². The molecule has 0 saturated carbocycles. The summed E-state index contributed by atoms with van der Waals surface area (Å²) < 4.78 is 6.80. The van der Waals surface area contributed by atoms with Crippen LogP contribution < -0.4 is 0 Å². The number of aryl methyl sites for hydroxylation is 2. The zero-order chi connectivity index (χ0) is 11.3. The highest BCUT2D eigenvalue weighted by molar-refractivity contribution is 5.04. The summed E-state index contributed by atoms with van der Waals surface area (Å²) in [4.78, 5) is 0. The van der Waals surface area contributed by atoms with Gasteiger partial charge in [0.15, 0.2) is 0 Å². The zero-order valence-electron chi connectivity index (χ0n) is 9.73. The Hall–Kier alpha value is -0.870. The molecule has 0 aromatic carbocycles. The van der Waals surface area contributed by atoms with Gasteiger partial charge >= 0.3 is 0 Å². The Labute approximate surface area is 90.9 Å². The Morgan fingerprint density at radius 1 is 1.60 bits per heavy atom. The molecule has 4 heteroatoms. The van der Waals surface area contributed by atoms with Gasteiger partial charge in [0.1, 0.15) is 0 Å². The van der Waals surface area contributed by atoms with Gasteiger partial charge in [-0.1, -0.05) is 6.92 Å². The van der Waals surface area contributed by atoms with Gasteiger partial charge in [-0.2, -0.15) is 5.10 Å². The van der Waals surface area contributed by atoms with Gasteiger partial charge in [0.05, 0.1) is 18.4 Å². The molecule has 0 aliphatic heterocycles. The van der Waals surface area contributed by atoms with Gasteiger partial charge in [0, 0.05) is 20.4 Å². The third-order valence-electron chi connectivity index (χ3n) is 2.71. The molecule has 0 aliphatic carbocycles. The summed E-state index contributed by atoms with van der Waals surface area (Å²) in [5.41, 5.74) is 0.449. The molecule has 0 fully saturated rings. The second kappa shape index (κ2) is 5.28. The molecule has 1 aromatic heterocycles. The molecule has 1 unspecified atom stereocenters. The average Bonchev–Trinajstić information content (AvgIpc) is 2.62. The Kier molecular flexibility index (Phi) is 4.29. The number of aliphatic hydroxyl groups is 1. The molecule has 0 radical (unpaired) electrons. The summed E-state index contributed by atoms with van der Waals surface area (Å²) >= 11 is 0. The summed E-state index contributed by atoms with van der Waals surface area (Å²) in [6.07, 6.45) is 6.07. The number of methoxy groups -OCH3 is 1. The van der Waals surface area contributed by atoms with Gasteiger partial charge in [-0.25, -0.2) is 0 Å². The highest BCUT2D eigenvalue weighted by Crippen LogP contribution is 2.18. The zero-order valence-corrected chi connectivity index (χ0v) is 9.73. The van der Waals surface area contributed by atoms with Crippen molar-refractivity contribution < 1.29 is 9.84 Å². The van der Waals surface area contributed by atoms with E-state index in [2.05, 4.69) is 5.10 Å². The van der Waals surface area contributed by atoms with Crippen LogP contribution in [0.25, 0.3) is 0 Å². The lowest BCUT2D eigenvalue weighted by atomic mass is 9.94. The average molecular weight is 212 g/mol. The van der Waals surface area contributed by atoms with Gasteiger partial charge in [-0.05, 0) is 24.8 Å². The fourth-order valence-corrected chi connectivity index (χ4v) is 1.60. The third kappa shape index (κ3) is 3.64. The van der Waals surface area contributed by atoms with Crippen molar-refractivity contribution in [1.29, 1.82) is 0 Å². The monoisotopic (exact) mass is 212 g/mol. The van der Waals surface area contributed by atoms with Crippen LogP contribution in [0.3, 0.4) is 0 Å². The van der Waals surface area contributed by atoms with Crippen molar-refractivity contribution in [3.63, 3.8) is 0 Å². The molecule has 0 amide bonds. The predicted molar refractivity (Wildman–Crippen MR) is 58.6 cm³/mol. The van der Waals surface area contributed by atoms with Crippen molar-refractivity contribution in [3.8, 4) is 0 Å². The Bertz CT molecular complexity index is 299. The topological polar surface area (TPSA) is 47.3 Å². The van der Waals surface area contributed by atoms with E-state index in [0.29, 0.717) is 19.4 Å². The fraction of sp³-hybridized carbons (Fsp3) is 0.727. The number of rotatable bonds is 6. The number of ether oxygens (including phenoxy) is 1. The summed E-state index contributed by atoms with van der Waals surface area (Å²) in [5, 5.41) is 14.2. The van der Waals surface area contributed by atoms with E-state index in [1.807, 2.05) is 26.4 Å². The normalized spacial score (nSPS) is 15.2. The number of hydrogen-bond acceptors (Lipinski definition) is 3. The first-order chi connectivity index (χ1) is 7.09. The van der Waals surface area contributed by atoms with Crippen LogP contribution in [0.1, 0.15) is 25.3 Å². The van der Waals surface area contributed by atoms with E-state index >= 15 is 0 Å². The molecular formula is C11H20N2O2. The quantitative estimate of drug-likeness (QED) is 0.769. The molecule has 1 aromatic rings. The minimum Gasteiger partial charge on any atom is -0.387 e. The van der Waals surface area contributed by atoms with Crippen LogP contribution in [0.2, 0.25) is 0 Å². The van der Waals surface area contributed by atoms with Gasteiger partial charge in [-0.15, -0.1) is 0 Å². The lowest BCUT2D eigenvalue weighted by Crippen LogP contribution is -2.33. The maximum atomic E-state index is 10.1. The van der Waals surface area contributed by atoms with Crippen LogP contribution in [-0.2, 0) is 18.2 Å². The first-order valence-electron chi connectivity index (χ1n) is 5.28. The van der Waals surface area contributed by atoms with Gasteiger partial charge in [0.25, 0.3) is 0 Å². The van der Waals surface area contributed by atoms with Crippen LogP contribution in [0.5, 0.6) is 0 Å². The molecule has 86 valence electrons. The Morgan fingerprint density at radius 3 is 2.80 bits per heavy atom. The molecular weight excluding hydrogens is 192 g/mol. The van der Waals surface area contributed by atoms with Crippen molar-refractivity contribution in [2.24, 2.45) is 7.05 Å². The molecule has 1 heterocycles.